The molecule has 0 heterocycles. The molecule has 1 N–H and O–H groups in total. The molecule has 136 valence electrons. The van der Waals surface area contributed by atoms with E-state index in [4.69, 9.17) is 11.6 Å². The van der Waals surface area contributed by atoms with Gasteiger partial charge in [-0.25, -0.2) is 0 Å². The Balaban J connectivity index is 0. The molecule has 0 saturated carbocycles. The molecule has 0 aliphatic rings. The second-order valence-electron chi connectivity index (χ2n) is 6.56. The summed E-state index contributed by atoms with van der Waals surface area (Å²) in [6, 6.07) is 0. The van der Waals surface area contributed by atoms with E-state index in [-0.39, 0.29) is 0 Å². The summed E-state index contributed by atoms with van der Waals surface area (Å²) < 4.78 is 0. The average Bonchev–Trinajstić information content (AvgIpc) is 2.50. The molecule has 0 rings (SSSR count). The van der Waals surface area contributed by atoms with Gasteiger partial charge in [-0.05, 0) is 26.9 Å². The van der Waals surface area contributed by atoms with Gasteiger partial charge in [-0.3, -0.25) is 0 Å². The summed E-state index contributed by atoms with van der Waals surface area (Å²) in [4.78, 5) is 0. The van der Waals surface area contributed by atoms with E-state index in [1.165, 1.54) is 96.3 Å². The van der Waals surface area contributed by atoms with Crippen LogP contribution in [0.15, 0.2) is 0 Å². The van der Waals surface area contributed by atoms with Crippen LogP contribution in [0, 0.1) is 0 Å². The lowest BCUT2D eigenvalue weighted by Crippen LogP contribution is -1.98. The predicted molar refractivity (Wildman–Crippen MR) is 105 cm³/mol. The van der Waals surface area contributed by atoms with Crippen molar-refractivity contribution in [2.24, 2.45) is 0 Å². The Hall–Kier alpha value is 0.250. The lowest BCUT2D eigenvalue weighted by molar-refractivity contribution is 0.535. The van der Waals surface area contributed by atoms with Crippen molar-refractivity contribution >= 4 is 11.6 Å². The fourth-order valence-electron chi connectivity index (χ4n) is 2.61. The molecule has 22 heavy (non-hydrogen) atoms. The third kappa shape index (κ3) is 25.2. The van der Waals surface area contributed by atoms with Crippen molar-refractivity contribution in [1.82, 2.24) is 5.32 Å². The number of rotatable bonds is 15. The first kappa shape index (κ1) is 24.5. The molecule has 0 radical (unpaired) electrons. The monoisotopic (exact) mass is 333 g/mol. The van der Waals surface area contributed by atoms with Gasteiger partial charge in [-0.2, -0.15) is 0 Å². The van der Waals surface area contributed by atoms with Crippen LogP contribution in [-0.4, -0.2) is 19.5 Å². The van der Waals surface area contributed by atoms with Crippen molar-refractivity contribution in [3.05, 3.63) is 0 Å². The second kappa shape index (κ2) is 23.5. The van der Waals surface area contributed by atoms with Crippen molar-refractivity contribution in [2.75, 3.05) is 14.1 Å². The van der Waals surface area contributed by atoms with Gasteiger partial charge in [0.05, 0.1) is 0 Å². The fraction of sp³-hybridized carbons (Fsp3) is 1.00. The molecule has 0 aromatic heterocycles. The van der Waals surface area contributed by atoms with E-state index in [2.05, 4.69) is 19.2 Å². The molecule has 1 unspecified atom stereocenters. The largest absolute Gasteiger partial charge is 0.323 e. The Morgan fingerprint density at radius 3 is 1.18 bits per heavy atom. The van der Waals surface area contributed by atoms with Crippen LogP contribution >= 0.6 is 11.6 Å². The SMILES string of the molecule is CCCCCCCCCCC(Cl)CCCCCCC.CNC. The zero-order valence-corrected chi connectivity index (χ0v) is 16.8. The lowest BCUT2D eigenvalue weighted by Gasteiger charge is -2.09. The number of alkyl halides is 1. The molecule has 0 fully saturated rings. The Kier molecular flexibility index (Phi) is 26.2. The maximum absolute atomic E-state index is 6.37. The molecule has 0 aliphatic carbocycles. The van der Waals surface area contributed by atoms with Crippen LogP contribution < -0.4 is 5.32 Å². The van der Waals surface area contributed by atoms with Gasteiger partial charge in [0.15, 0.2) is 0 Å². The molecule has 2 heteroatoms. The highest BCUT2D eigenvalue weighted by atomic mass is 35.5. The molecule has 0 aromatic rings. The Morgan fingerprint density at radius 1 is 0.591 bits per heavy atom. The quantitative estimate of drug-likeness (QED) is 0.244. The standard InChI is InChI=1S/C18H37Cl.C2H7N/c1-3-5-7-9-10-11-13-15-17-18(19)16-14-12-8-6-4-2;1-3-2/h18H,3-17H2,1-2H3;3H,1-2H3. The smallest absolute Gasteiger partial charge is 0.0336 e. The van der Waals surface area contributed by atoms with E-state index in [0.29, 0.717) is 5.38 Å². The summed E-state index contributed by atoms with van der Waals surface area (Å²) >= 11 is 6.37. The number of unbranched alkanes of at least 4 members (excludes halogenated alkanes) is 11. The highest BCUT2D eigenvalue weighted by molar-refractivity contribution is 6.20. The van der Waals surface area contributed by atoms with Gasteiger partial charge in [-0.15, -0.1) is 11.6 Å². The van der Waals surface area contributed by atoms with Gasteiger partial charge in [0.2, 0.25) is 0 Å². The van der Waals surface area contributed by atoms with Crippen molar-refractivity contribution in [2.45, 2.75) is 116 Å². The first-order chi connectivity index (χ1) is 10.7. The van der Waals surface area contributed by atoms with Gasteiger partial charge < -0.3 is 5.32 Å². The van der Waals surface area contributed by atoms with Crippen molar-refractivity contribution < 1.29 is 0 Å². The van der Waals surface area contributed by atoms with Crippen LogP contribution in [0.1, 0.15) is 110 Å². The lowest BCUT2D eigenvalue weighted by atomic mass is 10.0. The third-order valence-corrected chi connectivity index (χ3v) is 4.43. The molecular formula is C20H44ClN. The van der Waals surface area contributed by atoms with Crippen molar-refractivity contribution in [3.63, 3.8) is 0 Å². The van der Waals surface area contributed by atoms with E-state index in [1.54, 1.807) is 0 Å². The zero-order chi connectivity index (χ0) is 16.9. The summed E-state index contributed by atoms with van der Waals surface area (Å²) in [5.74, 6) is 0. The van der Waals surface area contributed by atoms with Crippen molar-refractivity contribution in [1.29, 1.82) is 0 Å². The Bertz CT molecular complexity index is 173. The van der Waals surface area contributed by atoms with Crippen LogP contribution in [0.3, 0.4) is 0 Å². The molecule has 0 spiro atoms. The molecule has 0 amide bonds. The van der Waals surface area contributed by atoms with E-state index in [0.717, 1.165) is 0 Å². The van der Waals surface area contributed by atoms with Gasteiger partial charge in [0, 0.05) is 5.38 Å². The van der Waals surface area contributed by atoms with Crippen LogP contribution in [0.25, 0.3) is 0 Å². The average molecular weight is 334 g/mol. The van der Waals surface area contributed by atoms with Gasteiger partial charge in [0.25, 0.3) is 0 Å². The first-order valence-corrected chi connectivity index (χ1v) is 10.4. The number of nitrogens with one attached hydrogen (secondary N) is 1. The minimum atomic E-state index is 0.446. The van der Waals surface area contributed by atoms with Gasteiger partial charge in [0.1, 0.15) is 0 Å². The summed E-state index contributed by atoms with van der Waals surface area (Å²) in [6.07, 6.45) is 20.6. The van der Waals surface area contributed by atoms with Crippen LogP contribution in [0.4, 0.5) is 0 Å². The van der Waals surface area contributed by atoms with Crippen LogP contribution in [0.2, 0.25) is 0 Å². The van der Waals surface area contributed by atoms with Crippen LogP contribution in [0.5, 0.6) is 0 Å². The molecule has 1 atom stereocenters. The zero-order valence-electron chi connectivity index (χ0n) is 16.1. The second-order valence-corrected chi connectivity index (χ2v) is 7.18. The molecule has 0 aromatic carbocycles. The van der Waals surface area contributed by atoms with E-state index < -0.39 is 0 Å². The molecule has 1 nitrogen and oxygen atoms in total. The number of hydrogen-bond donors (Lipinski definition) is 1. The van der Waals surface area contributed by atoms with E-state index in [9.17, 15) is 0 Å². The topological polar surface area (TPSA) is 12.0 Å². The van der Waals surface area contributed by atoms with E-state index >= 15 is 0 Å². The molecule has 0 saturated heterocycles. The van der Waals surface area contributed by atoms with Gasteiger partial charge >= 0.3 is 0 Å². The summed E-state index contributed by atoms with van der Waals surface area (Å²) in [6.45, 7) is 4.55. The number of halogens is 1. The Labute approximate surface area is 147 Å². The predicted octanol–water partition coefficient (Wildman–Crippen LogP) is 7.32. The maximum Gasteiger partial charge on any atom is 0.0336 e. The maximum atomic E-state index is 6.37. The minimum Gasteiger partial charge on any atom is -0.323 e. The summed E-state index contributed by atoms with van der Waals surface area (Å²) in [5.41, 5.74) is 0. The minimum absolute atomic E-state index is 0.446. The Morgan fingerprint density at radius 2 is 0.864 bits per heavy atom. The molecule has 0 aliphatic heterocycles. The van der Waals surface area contributed by atoms with Gasteiger partial charge in [-0.1, -0.05) is 97.3 Å². The normalized spacial score (nSPS) is 11.9. The van der Waals surface area contributed by atoms with Crippen molar-refractivity contribution in [3.8, 4) is 0 Å². The third-order valence-electron chi connectivity index (χ3n) is 3.99. The highest BCUT2D eigenvalue weighted by Gasteiger charge is 2.03. The van der Waals surface area contributed by atoms with Crippen LogP contribution in [-0.2, 0) is 0 Å². The fourth-order valence-corrected chi connectivity index (χ4v) is 2.92. The molecular weight excluding hydrogens is 290 g/mol. The van der Waals surface area contributed by atoms with E-state index in [1.807, 2.05) is 14.1 Å². The highest BCUT2D eigenvalue weighted by Crippen LogP contribution is 2.18. The molecule has 0 bridgehead atoms. The summed E-state index contributed by atoms with van der Waals surface area (Å²) in [7, 11) is 3.75. The first-order valence-electron chi connectivity index (χ1n) is 9.95. The number of hydrogen-bond acceptors (Lipinski definition) is 1. The summed E-state index contributed by atoms with van der Waals surface area (Å²) in [5, 5.41) is 3.20.